The van der Waals surface area contributed by atoms with Crippen molar-refractivity contribution in [2.45, 2.75) is 45.8 Å². The summed E-state index contributed by atoms with van der Waals surface area (Å²) in [5, 5.41) is 20.7. The molecule has 0 aliphatic carbocycles. The van der Waals surface area contributed by atoms with E-state index < -0.39 is 6.10 Å². The average Bonchev–Trinajstić information content (AvgIpc) is 3.09. The monoisotopic (exact) mass is 344 g/mol. The summed E-state index contributed by atoms with van der Waals surface area (Å²) in [5.74, 6) is 1.78. The molecule has 1 unspecified atom stereocenters. The van der Waals surface area contributed by atoms with Crippen LogP contribution in [0, 0.1) is 0 Å². The lowest BCUT2D eigenvalue weighted by Gasteiger charge is -2.14. The van der Waals surface area contributed by atoms with Gasteiger partial charge in [-0.05, 0) is 24.8 Å². The van der Waals surface area contributed by atoms with Crippen LogP contribution in [0.4, 0.5) is 0 Å². The maximum Gasteiger partial charge on any atom is 0.191 e. The number of benzene rings is 1. The van der Waals surface area contributed by atoms with Crippen LogP contribution < -0.4 is 10.6 Å². The minimum Gasteiger partial charge on any atom is -0.388 e. The molecule has 0 spiro atoms. The predicted molar refractivity (Wildman–Crippen MR) is 99.4 cm³/mol. The molecule has 1 heterocycles. The molecule has 2 rings (SSSR count). The van der Waals surface area contributed by atoms with Gasteiger partial charge in [0.15, 0.2) is 11.7 Å². The van der Waals surface area contributed by atoms with Crippen molar-refractivity contribution in [3.63, 3.8) is 0 Å². The molecule has 6 nitrogen and oxygen atoms in total. The maximum atomic E-state index is 10.2. The number of hydrogen-bond donors (Lipinski definition) is 3. The topological polar surface area (TPSA) is 82.7 Å². The zero-order valence-electron chi connectivity index (χ0n) is 15.2. The highest BCUT2D eigenvalue weighted by Crippen LogP contribution is 2.15. The minimum atomic E-state index is -0.487. The second-order valence-electron chi connectivity index (χ2n) is 6.21. The van der Waals surface area contributed by atoms with Crippen molar-refractivity contribution in [2.24, 2.45) is 4.99 Å². The first-order valence-electron chi connectivity index (χ1n) is 8.80. The average molecular weight is 344 g/mol. The zero-order valence-corrected chi connectivity index (χ0v) is 15.2. The molecule has 0 saturated heterocycles. The lowest BCUT2D eigenvalue weighted by atomic mass is 10.1. The maximum absolute atomic E-state index is 10.2. The molecule has 1 atom stereocenters. The normalized spacial score (nSPS) is 13.1. The van der Waals surface area contributed by atoms with Crippen LogP contribution in [0.15, 0.2) is 45.9 Å². The summed E-state index contributed by atoms with van der Waals surface area (Å²) >= 11 is 0. The molecular formula is C19H28N4O2. The Morgan fingerprint density at radius 2 is 2.00 bits per heavy atom. The van der Waals surface area contributed by atoms with E-state index in [0.717, 1.165) is 23.6 Å². The lowest BCUT2D eigenvalue weighted by molar-refractivity contribution is 0.168. The van der Waals surface area contributed by atoms with Crippen molar-refractivity contribution in [1.29, 1.82) is 0 Å². The van der Waals surface area contributed by atoms with E-state index in [-0.39, 0.29) is 0 Å². The van der Waals surface area contributed by atoms with Gasteiger partial charge in [-0.25, -0.2) is 4.99 Å². The summed E-state index contributed by atoms with van der Waals surface area (Å²) in [6, 6.07) is 11.6. The Morgan fingerprint density at radius 3 is 2.64 bits per heavy atom. The van der Waals surface area contributed by atoms with Gasteiger partial charge in [0.2, 0.25) is 0 Å². The van der Waals surface area contributed by atoms with Gasteiger partial charge in [0, 0.05) is 19.2 Å². The minimum absolute atomic E-state index is 0.340. The fourth-order valence-electron chi connectivity index (χ4n) is 2.34. The van der Waals surface area contributed by atoms with Crippen LogP contribution >= 0.6 is 0 Å². The van der Waals surface area contributed by atoms with E-state index >= 15 is 0 Å². The summed E-state index contributed by atoms with van der Waals surface area (Å²) in [5.41, 5.74) is 1.86. The lowest BCUT2D eigenvalue weighted by Crippen LogP contribution is -2.38. The number of aliphatic hydroxyl groups excluding tert-OH is 1. The van der Waals surface area contributed by atoms with Crippen LogP contribution in [-0.2, 0) is 6.54 Å². The number of nitrogens with one attached hydrogen (secondary N) is 2. The highest BCUT2D eigenvalue weighted by molar-refractivity contribution is 5.79. The quantitative estimate of drug-likeness (QED) is 0.506. The summed E-state index contributed by atoms with van der Waals surface area (Å²) in [6.07, 6.45) is 0.119. The van der Waals surface area contributed by atoms with Gasteiger partial charge in [-0.3, -0.25) is 0 Å². The number of aromatic nitrogens is 1. The molecule has 0 fully saturated rings. The zero-order chi connectivity index (χ0) is 18.1. The summed E-state index contributed by atoms with van der Waals surface area (Å²) < 4.78 is 5.30. The van der Waals surface area contributed by atoms with Gasteiger partial charge in [0.05, 0.1) is 11.8 Å². The fraction of sp³-hybridized carbons (Fsp3) is 0.474. The Morgan fingerprint density at radius 1 is 1.24 bits per heavy atom. The first-order chi connectivity index (χ1) is 12.1. The van der Waals surface area contributed by atoms with Crippen LogP contribution in [0.25, 0.3) is 0 Å². The molecule has 136 valence electrons. The Labute approximate surface area is 149 Å². The van der Waals surface area contributed by atoms with Crippen molar-refractivity contribution in [3.8, 4) is 0 Å². The van der Waals surface area contributed by atoms with E-state index in [1.807, 2.05) is 43.3 Å². The van der Waals surface area contributed by atoms with E-state index in [1.165, 1.54) is 0 Å². The summed E-state index contributed by atoms with van der Waals surface area (Å²) in [7, 11) is 0. The predicted octanol–water partition coefficient (Wildman–Crippen LogP) is 2.98. The molecule has 3 N–H and O–H groups in total. The van der Waals surface area contributed by atoms with Crippen molar-refractivity contribution >= 4 is 5.96 Å². The third-order valence-corrected chi connectivity index (χ3v) is 3.80. The highest BCUT2D eigenvalue weighted by atomic mass is 16.5. The molecule has 0 aliphatic rings. The van der Waals surface area contributed by atoms with E-state index in [2.05, 4.69) is 34.6 Å². The van der Waals surface area contributed by atoms with Gasteiger partial charge >= 0.3 is 0 Å². The van der Waals surface area contributed by atoms with Gasteiger partial charge in [-0.2, -0.15) is 0 Å². The third-order valence-electron chi connectivity index (χ3n) is 3.80. The molecule has 2 aromatic rings. The molecule has 1 aromatic heterocycles. The van der Waals surface area contributed by atoms with E-state index in [0.29, 0.717) is 31.4 Å². The van der Waals surface area contributed by atoms with E-state index in [9.17, 15) is 5.11 Å². The van der Waals surface area contributed by atoms with E-state index in [1.54, 1.807) is 0 Å². The smallest absolute Gasteiger partial charge is 0.191 e. The highest BCUT2D eigenvalue weighted by Gasteiger charge is 2.09. The van der Waals surface area contributed by atoms with E-state index in [4.69, 9.17) is 4.52 Å². The van der Waals surface area contributed by atoms with Crippen LogP contribution in [-0.4, -0.2) is 29.3 Å². The van der Waals surface area contributed by atoms with Gasteiger partial charge in [0.25, 0.3) is 0 Å². The van der Waals surface area contributed by atoms with Gasteiger partial charge in [0.1, 0.15) is 6.54 Å². The first kappa shape index (κ1) is 19.0. The molecule has 0 radical (unpaired) electrons. The number of nitrogens with zero attached hydrogens (tertiary/aromatic N) is 2. The molecule has 0 saturated carbocycles. The fourth-order valence-corrected chi connectivity index (χ4v) is 2.34. The van der Waals surface area contributed by atoms with Crippen molar-refractivity contribution < 1.29 is 9.63 Å². The van der Waals surface area contributed by atoms with Crippen LogP contribution in [0.3, 0.4) is 0 Å². The molecule has 6 heteroatoms. The summed E-state index contributed by atoms with van der Waals surface area (Å²) in [4.78, 5) is 4.51. The number of guanidine groups is 1. The van der Waals surface area contributed by atoms with Crippen LogP contribution in [0.1, 0.15) is 56.2 Å². The Balaban J connectivity index is 1.84. The summed E-state index contributed by atoms with van der Waals surface area (Å²) in [6.45, 7) is 7.98. The van der Waals surface area contributed by atoms with Crippen molar-refractivity contribution in [1.82, 2.24) is 15.8 Å². The number of rotatable bonds is 8. The van der Waals surface area contributed by atoms with Gasteiger partial charge in [-0.1, -0.05) is 49.3 Å². The first-order valence-corrected chi connectivity index (χ1v) is 8.80. The molecule has 1 aromatic carbocycles. The standard InChI is InChI=1S/C19H28N4O2/c1-4-20-19(22-13-16-12-17(14(2)3)23-25-16)21-11-10-18(24)15-8-6-5-7-9-15/h5-9,12,14,18,24H,4,10-11,13H2,1-3H3,(H2,20,21,22). The Bertz CT molecular complexity index is 652. The van der Waals surface area contributed by atoms with Crippen molar-refractivity contribution in [3.05, 3.63) is 53.4 Å². The molecule has 0 amide bonds. The SMILES string of the molecule is CCNC(=NCc1cc(C(C)C)no1)NCCC(O)c1ccccc1. The third kappa shape index (κ3) is 6.23. The molecule has 25 heavy (non-hydrogen) atoms. The number of aliphatic hydroxyl groups is 1. The Kier molecular flexibility index (Phi) is 7.47. The van der Waals surface area contributed by atoms with Crippen molar-refractivity contribution in [2.75, 3.05) is 13.1 Å². The van der Waals surface area contributed by atoms with Crippen LogP contribution in [0.2, 0.25) is 0 Å². The molecule has 0 bridgehead atoms. The van der Waals surface area contributed by atoms with Gasteiger partial charge < -0.3 is 20.3 Å². The van der Waals surface area contributed by atoms with Gasteiger partial charge in [-0.15, -0.1) is 0 Å². The Hall–Kier alpha value is -2.34. The number of hydrogen-bond acceptors (Lipinski definition) is 4. The van der Waals surface area contributed by atoms with Crippen LogP contribution in [0.5, 0.6) is 0 Å². The second kappa shape index (κ2) is 9.84. The largest absolute Gasteiger partial charge is 0.388 e. The molecular weight excluding hydrogens is 316 g/mol. The molecule has 0 aliphatic heterocycles. The number of aliphatic imine (C=N–C) groups is 1. The second-order valence-corrected chi connectivity index (χ2v) is 6.21.